The molecule has 0 heterocycles. The van der Waals surface area contributed by atoms with Gasteiger partial charge in [-0.05, 0) is 37.1 Å². The number of sulfonamides is 1. The average Bonchev–Trinajstić information content (AvgIpc) is 3.19. The van der Waals surface area contributed by atoms with E-state index < -0.39 is 40.3 Å². The summed E-state index contributed by atoms with van der Waals surface area (Å²) in [6, 6.07) is 2.62. The predicted octanol–water partition coefficient (Wildman–Crippen LogP) is 1.94. The Hall–Kier alpha value is -1.61. The molecule has 0 bridgehead atoms. The monoisotopic (exact) mass is 323 g/mol. The van der Waals surface area contributed by atoms with Crippen LogP contribution in [0.25, 0.3) is 0 Å². The lowest BCUT2D eigenvalue weighted by atomic mass is 10.2. The molecule has 0 aliphatic heterocycles. The molecule has 0 saturated heterocycles. The predicted molar refractivity (Wildman–Crippen MR) is 66.0 cm³/mol. The minimum atomic E-state index is -4.56. The van der Waals surface area contributed by atoms with Gasteiger partial charge in [-0.25, -0.2) is 8.42 Å². The first-order chi connectivity index (χ1) is 9.62. The third kappa shape index (κ3) is 3.53. The number of aliphatic carboxylic acids is 1. The van der Waals surface area contributed by atoms with Crippen molar-refractivity contribution in [3.63, 3.8) is 0 Å². The van der Waals surface area contributed by atoms with Gasteiger partial charge in [0.1, 0.15) is 6.54 Å². The summed E-state index contributed by atoms with van der Waals surface area (Å²) in [6.07, 6.45) is -3.46. The Bertz CT molecular complexity index is 635. The van der Waals surface area contributed by atoms with E-state index in [1.165, 1.54) is 0 Å². The minimum Gasteiger partial charge on any atom is -0.480 e. The molecule has 0 aromatic heterocycles. The maximum atomic E-state index is 12.4. The van der Waals surface area contributed by atoms with Gasteiger partial charge in [0.05, 0.1) is 10.5 Å². The summed E-state index contributed by atoms with van der Waals surface area (Å²) >= 11 is 0. The standard InChI is InChI=1S/C12H12F3NO4S/c13-12(14,15)8-1-5-10(6-2-8)21(19,20)16(7-11(17)18)9-3-4-9/h1-2,5-6,9H,3-4,7H2,(H,17,18). The molecule has 1 fully saturated rings. The van der Waals surface area contributed by atoms with Gasteiger partial charge < -0.3 is 5.11 Å². The number of rotatable bonds is 5. The number of alkyl halides is 3. The third-order valence-electron chi connectivity index (χ3n) is 3.03. The van der Waals surface area contributed by atoms with Crippen LogP contribution in [0.15, 0.2) is 29.2 Å². The van der Waals surface area contributed by atoms with E-state index in [2.05, 4.69) is 0 Å². The second-order valence-corrected chi connectivity index (χ2v) is 6.59. The highest BCUT2D eigenvalue weighted by Gasteiger charge is 2.39. The fourth-order valence-electron chi connectivity index (χ4n) is 1.86. The van der Waals surface area contributed by atoms with Gasteiger partial charge in [0.2, 0.25) is 10.0 Å². The number of hydrogen-bond donors (Lipinski definition) is 1. The van der Waals surface area contributed by atoms with Crippen LogP contribution in [0, 0.1) is 0 Å². The van der Waals surface area contributed by atoms with Crippen LogP contribution in [0.2, 0.25) is 0 Å². The summed E-state index contributed by atoms with van der Waals surface area (Å²) in [4.78, 5) is 10.4. The van der Waals surface area contributed by atoms with Crippen LogP contribution in [0.4, 0.5) is 13.2 Å². The Balaban J connectivity index is 2.31. The zero-order valence-corrected chi connectivity index (χ0v) is 11.5. The number of nitrogens with zero attached hydrogens (tertiary/aromatic N) is 1. The molecule has 1 saturated carbocycles. The Morgan fingerprint density at radius 1 is 1.24 bits per heavy atom. The first-order valence-electron chi connectivity index (χ1n) is 6.03. The molecule has 21 heavy (non-hydrogen) atoms. The van der Waals surface area contributed by atoms with Crippen molar-refractivity contribution in [1.29, 1.82) is 0 Å². The molecule has 5 nitrogen and oxygen atoms in total. The van der Waals surface area contributed by atoms with Gasteiger partial charge in [0, 0.05) is 6.04 Å². The molecule has 0 amide bonds. The summed E-state index contributed by atoms with van der Waals surface area (Å²) in [7, 11) is -4.11. The third-order valence-corrected chi connectivity index (χ3v) is 4.95. The van der Waals surface area contributed by atoms with Crippen LogP contribution >= 0.6 is 0 Å². The Labute approximate surface area is 119 Å². The smallest absolute Gasteiger partial charge is 0.416 e. The van der Waals surface area contributed by atoms with E-state index in [9.17, 15) is 26.4 Å². The number of carboxylic acids is 1. The molecule has 1 aromatic carbocycles. The second kappa shape index (κ2) is 5.30. The molecule has 116 valence electrons. The van der Waals surface area contributed by atoms with Crippen LogP contribution in [0.1, 0.15) is 18.4 Å². The number of carbonyl (C=O) groups is 1. The molecule has 9 heteroatoms. The zero-order chi connectivity index (χ0) is 15.8. The first-order valence-corrected chi connectivity index (χ1v) is 7.47. The van der Waals surface area contributed by atoms with E-state index in [1.807, 2.05) is 0 Å². The second-order valence-electron chi connectivity index (χ2n) is 4.70. The summed E-state index contributed by atoms with van der Waals surface area (Å²) in [5, 5.41) is 8.77. The fraction of sp³-hybridized carbons (Fsp3) is 0.417. The van der Waals surface area contributed by atoms with Crippen LogP contribution < -0.4 is 0 Å². The van der Waals surface area contributed by atoms with Gasteiger partial charge in [-0.2, -0.15) is 17.5 Å². The summed E-state index contributed by atoms with van der Waals surface area (Å²) in [6.45, 7) is -0.700. The molecule has 0 radical (unpaired) electrons. The van der Waals surface area contributed by atoms with Gasteiger partial charge in [0.25, 0.3) is 0 Å². The van der Waals surface area contributed by atoms with Crippen molar-refractivity contribution in [2.75, 3.05) is 6.54 Å². The largest absolute Gasteiger partial charge is 0.480 e. The molecule has 1 N–H and O–H groups in total. The molecule has 0 spiro atoms. The molecule has 2 rings (SSSR count). The van der Waals surface area contributed by atoms with Gasteiger partial charge >= 0.3 is 12.1 Å². The van der Waals surface area contributed by atoms with E-state index >= 15 is 0 Å². The van der Waals surface area contributed by atoms with E-state index in [0.717, 1.165) is 16.4 Å². The van der Waals surface area contributed by atoms with Crippen molar-refractivity contribution >= 4 is 16.0 Å². The fourth-order valence-corrected chi connectivity index (χ4v) is 3.49. The average molecular weight is 323 g/mol. The molecule has 0 atom stereocenters. The highest BCUT2D eigenvalue weighted by atomic mass is 32.2. The number of hydrogen-bond acceptors (Lipinski definition) is 3. The lowest BCUT2D eigenvalue weighted by Gasteiger charge is -2.20. The Morgan fingerprint density at radius 3 is 2.14 bits per heavy atom. The van der Waals surface area contributed by atoms with E-state index in [1.54, 1.807) is 0 Å². The molecule has 1 aliphatic rings. The summed E-state index contributed by atoms with van der Waals surface area (Å²) in [5.74, 6) is -1.31. The van der Waals surface area contributed by atoms with Gasteiger partial charge in [-0.15, -0.1) is 0 Å². The number of carboxylic acid groups (broad SMARTS) is 1. The quantitative estimate of drug-likeness (QED) is 0.898. The Kier molecular flexibility index (Phi) is 3.98. The molecule has 0 unspecified atom stereocenters. The molecular weight excluding hydrogens is 311 g/mol. The topological polar surface area (TPSA) is 74.7 Å². The van der Waals surface area contributed by atoms with Crippen molar-refractivity contribution in [1.82, 2.24) is 4.31 Å². The van der Waals surface area contributed by atoms with Crippen LogP contribution in [0.5, 0.6) is 0 Å². The lowest BCUT2D eigenvalue weighted by molar-refractivity contribution is -0.138. The SMILES string of the molecule is O=C(O)CN(C1CC1)S(=O)(=O)c1ccc(C(F)(F)F)cc1. The van der Waals surface area contributed by atoms with Crippen molar-refractivity contribution in [3.05, 3.63) is 29.8 Å². The van der Waals surface area contributed by atoms with Crippen molar-refractivity contribution < 1.29 is 31.5 Å². The highest BCUT2D eigenvalue weighted by Crippen LogP contribution is 2.33. The summed E-state index contributed by atoms with van der Waals surface area (Å²) in [5.41, 5.74) is -0.961. The highest BCUT2D eigenvalue weighted by molar-refractivity contribution is 7.89. The van der Waals surface area contributed by atoms with Crippen LogP contribution in [-0.2, 0) is 21.0 Å². The van der Waals surface area contributed by atoms with Crippen LogP contribution in [-0.4, -0.2) is 36.4 Å². The Morgan fingerprint density at radius 2 is 1.76 bits per heavy atom. The maximum absolute atomic E-state index is 12.4. The summed E-state index contributed by atoms with van der Waals surface area (Å²) < 4.78 is 62.7. The molecule has 1 aromatic rings. The van der Waals surface area contributed by atoms with E-state index in [4.69, 9.17) is 5.11 Å². The number of benzene rings is 1. The van der Waals surface area contributed by atoms with E-state index in [0.29, 0.717) is 25.0 Å². The van der Waals surface area contributed by atoms with Crippen LogP contribution in [0.3, 0.4) is 0 Å². The lowest BCUT2D eigenvalue weighted by Crippen LogP contribution is -2.37. The van der Waals surface area contributed by atoms with Gasteiger partial charge in [-0.1, -0.05) is 0 Å². The zero-order valence-electron chi connectivity index (χ0n) is 10.7. The molecule has 1 aliphatic carbocycles. The van der Waals surface area contributed by atoms with E-state index in [-0.39, 0.29) is 4.90 Å². The first kappa shape index (κ1) is 15.8. The van der Waals surface area contributed by atoms with Crippen molar-refractivity contribution in [2.45, 2.75) is 30.0 Å². The van der Waals surface area contributed by atoms with Gasteiger partial charge in [-0.3, -0.25) is 4.79 Å². The maximum Gasteiger partial charge on any atom is 0.416 e. The van der Waals surface area contributed by atoms with Crippen molar-refractivity contribution in [3.8, 4) is 0 Å². The van der Waals surface area contributed by atoms with Crippen molar-refractivity contribution in [2.24, 2.45) is 0 Å². The van der Waals surface area contributed by atoms with Gasteiger partial charge in [0.15, 0.2) is 0 Å². The minimum absolute atomic E-state index is 0.344. The normalized spacial score (nSPS) is 16.2. The molecular formula is C12H12F3NO4S. The number of halogens is 3.